The van der Waals surface area contributed by atoms with Crippen LogP contribution in [0, 0.1) is 11.8 Å². The fourth-order valence-electron chi connectivity index (χ4n) is 2.12. The third-order valence-corrected chi connectivity index (χ3v) is 3.27. The molecule has 1 rings (SSSR count). The predicted molar refractivity (Wildman–Crippen MR) is 57.4 cm³/mol. The molecule has 1 fully saturated rings. The van der Waals surface area contributed by atoms with Crippen LogP contribution in [0.15, 0.2) is 12.3 Å². The van der Waals surface area contributed by atoms with E-state index in [-0.39, 0.29) is 30.5 Å². The summed E-state index contributed by atoms with van der Waals surface area (Å²) in [5.74, 6) is -0.203. The van der Waals surface area contributed by atoms with Gasteiger partial charge in [0.25, 0.3) is 0 Å². The Hall–Kier alpha value is -0.860. The molecule has 15 heavy (non-hydrogen) atoms. The third-order valence-electron chi connectivity index (χ3n) is 3.27. The van der Waals surface area contributed by atoms with Gasteiger partial charge in [-0.05, 0) is 25.7 Å². The van der Waals surface area contributed by atoms with E-state index in [1.54, 1.807) is 0 Å². The van der Waals surface area contributed by atoms with Crippen molar-refractivity contribution in [1.82, 2.24) is 0 Å². The molecule has 1 N–H and O–H groups in total. The van der Waals surface area contributed by atoms with E-state index in [0.29, 0.717) is 12.8 Å². The van der Waals surface area contributed by atoms with Crippen molar-refractivity contribution in [2.45, 2.75) is 45.2 Å². The first-order valence-electron chi connectivity index (χ1n) is 5.48. The molecule has 0 saturated heterocycles. The Morgan fingerprint density at radius 1 is 1.47 bits per heavy atom. The van der Waals surface area contributed by atoms with Crippen molar-refractivity contribution in [3.05, 3.63) is 12.3 Å². The minimum Gasteiger partial charge on any atom is -0.510 e. The van der Waals surface area contributed by atoms with Gasteiger partial charge in [0.2, 0.25) is 0 Å². The normalized spacial score (nSPS) is 31.6. The van der Waals surface area contributed by atoms with Gasteiger partial charge in [-0.1, -0.05) is 20.4 Å². The highest BCUT2D eigenvalue weighted by Crippen LogP contribution is 2.39. The molecule has 0 unspecified atom stereocenters. The van der Waals surface area contributed by atoms with Gasteiger partial charge in [-0.25, -0.2) is 4.39 Å². The largest absolute Gasteiger partial charge is 0.510 e. The molecule has 0 aliphatic heterocycles. The van der Waals surface area contributed by atoms with Crippen molar-refractivity contribution in [1.29, 1.82) is 0 Å². The molecule has 1 aliphatic carbocycles. The summed E-state index contributed by atoms with van der Waals surface area (Å²) in [7, 11) is 0. The number of carbonyl (C=O) groups excluding carboxylic acids is 1. The topological polar surface area (TPSA) is 37.3 Å². The quantitative estimate of drug-likeness (QED) is 0.732. The van der Waals surface area contributed by atoms with E-state index in [1.165, 1.54) is 0 Å². The Bertz CT molecular complexity index is 263. The summed E-state index contributed by atoms with van der Waals surface area (Å²) < 4.78 is 13.9. The van der Waals surface area contributed by atoms with E-state index >= 15 is 0 Å². The summed E-state index contributed by atoms with van der Waals surface area (Å²) in [5, 5.41) is 9.12. The summed E-state index contributed by atoms with van der Waals surface area (Å²) in [6.45, 7) is 6.98. The molecule has 1 aliphatic rings. The highest BCUT2D eigenvalue weighted by atomic mass is 19.1. The summed E-state index contributed by atoms with van der Waals surface area (Å²) in [4.78, 5) is 11.7. The Labute approximate surface area is 90.2 Å². The summed E-state index contributed by atoms with van der Waals surface area (Å²) in [5.41, 5.74) is -1.66. The molecule has 0 radical (unpaired) electrons. The lowest BCUT2D eigenvalue weighted by Crippen LogP contribution is -2.34. The van der Waals surface area contributed by atoms with Crippen LogP contribution in [0.3, 0.4) is 0 Å². The van der Waals surface area contributed by atoms with Gasteiger partial charge in [-0.2, -0.15) is 0 Å². The van der Waals surface area contributed by atoms with Crippen LogP contribution >= 0.6 is 0 Å². The van der Waals surface area contributed by atoms with Gasteiger partial charge in [0.15, 0.2) is 5.67 Å². The number of Topliss-reactive ketones (excluding diaryl/α,β-unsaturated/α-hetero) is 1. The summed E-state index contributed by atoms with van der Waals surface area (Å²) in [6, 6.07) is 0. The number of aliphatic hydroxyl groups excluding tert-OH is 1. The molecular formula is C12H19FO2. The van der Waals surface area contributed by atoms with Crippen LogP contribution in [0.5, 0.6) is 0 Å². The molecule has 0 bridgehead atoms. The highest BCUT2D eigenvalue weighted by Gasteiger charge is 2.40. The number of aliphatic hydroxyl groups is 1. The molecule has 0 aromatic heterocycles. The van der Waals surface area contributed by atoms with E-state index in [1.807, 2.05) is 13.8 Å². The molecule has 0 spiro atoms. The maximum Gasteiger partial charge on any atom is 0.166 e. The molecule has 0 aromatic carbocycles. The molecule has 86 valence electrons. The van der Waals surface area contributed by atoms with Crippen LogP contribution in [0.2, 0.25) is 0 Å². The molecule has 0 heterocycles. The highest BCUT2D eigenvalue weighted by molar-refractivity contribution is 5.82. The number of carbonyl (C=O) groups is 1. The van der Waals surface area contributed by atoms with Gasteiger partial charge in [-0.3, -0.25) is 4.79 Å². The smallest absolute Gasteiger partial charge is 0.166 e. The number of rotatable bonds is 3. The average Bonchev–Trinajstić information content (AvgIpc) is 2.17. The number of alkyl halides is 1. The maximum atomic E-state index is 13.9. The molecular weight excluding hydrogens is 195 g/mol. The Balaban J connectivity index is 2.56. The second-order valence-corrected chi connectivity index (χ2v) is 4.74. The van der Waals surface area contributed by atoms with Crippen molar-refractivity contribution in [2.75, 3.05) is 0 Å². The average molecular weight is 214 g/mol. The van der Waals surface area contributed by atoms with Crippen LogP contribution in [0.25, 0.3) is 0 Å². The lowest BCUT2D eigenvalue weighted by atomic mass is 9.76. The molecule has 0 atom stereocenters. The van der Waals surface area contributed by atoms with Crippen LogP contribution in [0.4, 0.5) is 4.39 Å². The van der Waals surface area contributed by atoms with Gasteiger partial charge >= 0.3 is 0 Å². The SMILES string of the molecule is C=C(O)[C@]1(F)CC[C@@H](C(=O)C(C)C)CC1. The standard InChI is InChI=1S/C12H19FO2/c1-8(2)11(15)10-4-6-12(13,7-5-10)9(3)14/h8,10,14H,3-7H2,1-2H3/t10-,12+. The van der Waals surface area contributed by atoms with Crippen LogP contribution in [-0.2, 0) is 4.79 Å². The molecule has 3 heteroatoms. The number of hydrogen-bond donors (Lipinski definition) is 1. The zero-order valence-electron chi connectivity index (χ0n) is 9.42. The lowest BCUT2D eigenvalue weighted by Gasteiger charge is -2.33. The Kier molecular flexibility index (Phi) is 3.53. The van der Waals surface area contributed by atoms with E-state index in [9.17, 15) is 9.18 Å². The first-order chi connectivity index (χ1) is 6.87. The molecule has 0 amide bonds. The van der Waals surface area contributed by atoms with Crippen LogP contribution in [-0.4, -0.2) is 16.6 Å². The predicted octanol–water partition coefficient (Wildman–Crippen LogP) is 3.18. The number of allylic oxidation sites excluding steroid dienone is 1. The Morgan fingerprint density at radius 3 is 2.27 bits per heavy atom. The van der Waals surface area contributed by atoms with Gasteiger partial charge in [0.1, 0.15) is 11.5 Å². The molecule has 1 saturated carbocycles. The minimum absolute atomic E-state index is 0.0134. The van der Waals surface area contributed by atoms with E-state index in [2.05, 4.69) is 6.58 Å². The van der Waals surface area contributed by atoms with Gasteiger partial charge in [0.05, 0.1) is 0 Å². The lowest BCUT2D eigenvalue weighted by molar-refractivity contribution is -0.127. The van der Waals surface area contributed by atoms with Crippen LogP contribution < -0.4 is 0 Å². The van der Waals surface area contributed by atoms with E-state index in [4.69, 9.17) is 5.11 Å². The van der Waals surface area contributed by atoms with Crippen LogP contribution in [0.1, 0.15) is 39.5 Å². The van der Waals surface area contributed by atoms with Crippen molar-refractivity contribution >= 4 is 5.78 Å². The van der Waals surface area contributed by atoms with Crippen molar-refractivity contribution in [3.63, 3.8) is 0 Å². The summed E-state index contributed by atoms with van der Waals surface area (Å²) >= 11 is 0. The first kappa shape index (κ1) is 12.2. The first-order valence-corrected chi connectivity index (χ1v) is 5.48. The Morgan fingerprint density at radius 2 is 1.93 bits per heavy atom. The molecule has 0 aromatic rings. The maximum absolute atomic E-state index is 13.9. The fourth-order valence-corrected chi connectivity index (χ4v) is 2.12. The second kappa shape index (κ2) is 4.33. The monoisotopic (exact) mass is 214 g/mol. The third kappa shape index (κ3) is 2.58. The number of hydrogen-bond acceptors (Lipinski definition) is 2. The van der Waals surface area contributed by atoms with Crippen molar-refractivity contribution < 1.29 is 14.3 Å². The number of halogens is 1. The zero-order valence-corrected chi connectivity index (χ0v) is 9.42. The fraction of sp³-hybridized carbons (Fsp3) is 0.750. The van der Waals surface area contributed by atoms with E-state index in [0.717, 1.165) is 0 Å². The number of ketones is 1. The zero-order chi connectivity index (χ0) is 11.6. The second-order valence-electron chi connectivity index (χ2n) is 4.74. The molecule has 2 nitrogen and oxygen atoms in total. The van der Waals surface area contributed by atoms with Gasteiger partial charge in [-0.15, -0.1) is 0 Å². The minimum atomic E-state index is -1.66. The van der Waals surface area contributed by atoms with E-state index < -0.39 is 11.4 Å². The van der Waals surface area contributed by atoms with Gasteiger partial charge < -0.3 is 5.11 Å². The van der Waals surface area contributed by atoms with Crippen molar-refractivity contribution in [3.8, 4) is 0 Å². The van der Waals surface area contributed by atoms with Crippen molar-refractivity contribution in [2.24, 2.45) is 11.8 Å². The van der Waals surface area contributed by atoms with Gasteiger partial charge in [0, 0.05) is 11.8 Å². The summed E-state index contributed by atoms with van der Waals surface area (Å²) in [6.07, 6.45) is 1.47.